The van der Waals surface area contributed by atoms with Crippen LogP contribution in [-0.2, 0) is 14.6 Å². The van der Waals surface area contributed by atoms with Crippen molar-refractivity contribution in [3.05, 3.63) is 35.4 Å². The van der Waals surface area contributed by atoms with Crippen molar-refractivity contribution in [2.75, 3.05) is 24.6 Å². The molecule has 0 aromatic heterocycles. The molecular formula is C18H23NO5S. The van der Waals surface area contributed by atoms with E-state index in [4.69, 9.17) is 5.11 Å². The summed E-state index contributed by atoms with van der Waals surface area (Å²) in [6, 6.07) is 6.86. The SMILES string of the molecule is O=C(O)c1ccc([C@H]2CCN(C(=O)CC3CCS(=O)(=O)CC3)C2)cc1. The summed E-state index contributed by atoms with van der Waals surface area (Å²) >= 11 is 0. The number of carbonyl (C=O) groups is 2. The van der Waals surface area contributed by atoms with Crippen LogP contribution >= 0.6 is 0 Å². The average Bonchev–Trinajstić information content (AvgIpc) is 3.07. The van der Waals surface area contributed by atoms with Crippen LogP contribution in [0, 0.1) is 5.92 Å². The summed E-state index contributed by atoms with van der Waals surface area (Å²) in [5, 5.41) is 8.95. The Labute approximate surface area is 147 Å². The molecular weight excluding hydrogens is 342 g/mol. The predicted octanol–water partition coefficient (Wildman–Crippen LogP) is 1.92. The van der Waals surface area contributed by atoms with Crippen molar-refractivity contribution in [2.24, 2.45) is 5.92 Å². The first-order chi connectivity index (χ1) is 11.8. The fourth-order valence-corrected chi connectivity index (χ4v) is 5.26. The summed E-state index contributed by atoms with van der Waals surface area (Å²) in [7, 11) is -2.89. The quantitative estimate of drug-likeness (QED) is 0.880. The minimum absolute atomic E-state index is 0.106. The van der Waals surface area contributed by atoms with Crippen LogP contribution in [-0.4, -0.2) is 54.9 Å². The molecule has 136 valence electrons. The van der Waals surface area contributed by atoms with Gasteiger partial charge in [-0.05, 0) is 42.9 Å². The third kappa shape index (κ3) is 4.39. The standard InChI is InChI=1S/C18H23NO5S/c20-17(11-13-6-9-25(23,24)10-7-13)19-8-5-16(12-19)14-1-3-15(4-2-14)18(21)22/h1-4,13,16H,5-12H2,(H,21,22)/t16-/m0/s1. The monoisotopic (exact) mass is 365 g/mol. The van der Waals surface area contributed by atoms with Crippen molar-refractivity contribution in [3.63, 3.8) is 0 Å². The van der Waals surface area contributed by atoms with Gasteiger partial charge in [0.25, 0.3) is 0 Å². The molecule has 1 amide bonds. The normalized spacial score (nSPS) is 23.5. The first-order valence-electron chi connectivity index (χ1n) is 8.65. The zero-order valence-electron chi connectivity index (χ0n) is 14.1. The number of carbonyl (C=O) groups excluding carboxylic acids is 1. The largest absolute Gasteiger partial charge is 0.478 e. The lowest BCUT2D eigenvalue weighted by Crippen LogP contribution is -2.32. The highest BCUT2D eigenvalue weighted by Crippen LogP contribution is 2.29. The number of sulfone groups is 1. The van der Waals surface area contributed by atoms with Crippen LogP contribution in [0.2, 0.25) is 0 Å². The molecule has 0 aliphatic carbocycles. The Bertz CT molecular complexity index is 742. The molecule has 2 saturated heterocycles. The minimum Gasteiger partial charge on any atom is -0.478 e. The van der Waals surface area contributed by atoms with Crippen molar-refractivity contribution in [1.82, 2.24) is 4.90 Å². The van der Waals surface area contributed by atoms with Gasteiger partial charge in [0, 0.05) is 25.4 Å². The number of likely N-dealkylation sites (tertiary alicyclic amines) is 1. The Hall–Kier alpha value is -1.89. The molecule has 0 unspecified atom stereocenters. The molecule has 2 fully saturated rings. The van der Waals surface area contributed by atoms with E-state index in [0.717, 1.165) is 12.0 Å². The second-order valence-corrected chi connectivity index (χ2v) is 9.36. The summed E-state index contributed by atoms with van der Waals surface area (Å²) in [5.41, 5.74) is 1.32. The van der Waals surface area contributed by atoms with Crippen LogP contribution in [0.1, 0.15) is 47.5 Å². The molecule has 1 aromatic carbocycles. The fraction of sp³-hybridized carbons (Fsp3) is 0.556. The maximum atomic E-state index is 12.5. The summed E-state index contributed by atoms with van der Waals surface area (Å²) in [5.74, 6) is -0.0332. The van der Waals surface area contributed by atoms with E-state index in [2.05, 4.69) is 0 Å². The zero-order valence-corrected chi connectivity index (χ0v) is 14.9. The lowest BCUT2D eigenvalue weighted by molar-refractivity contribution is -0.131. The number of carboxylic acid groups (broad SMARTS) is 1. The number of carboxylic acids is 1. The predicted molar refractivity (Wildman–Crippen MR) is 93.3 cm³/mol. The maximum absolute atomic E-state index is 12.5. The highest BCUT2D eigenvalue weighted by molar-refractivity contribution is 7.91. The molecule has 0 radical (unpaired) electrons. The van der Waals surface area contributed by atoms with Crippen LogP contribution in [0.25, 0.3) is 0 Å². The van der Waals surface area contributed by atoms with Gasteiger partial charge in [0.1, 0.15) is 9.84 Å². The fourth-order valence-electron chi connectivity index (χ4n) is 3.68. The molecule has 0 spiro atoms. The Morgan fingerprint density at radius 2 is 1.72 bits per heavy atom. The number of nitrogens with zero attached hydrogens (tertiary/aromatic N) is 1. The lowest BCUT2D eigenvalue weighted by atomic mass is 9.97. The van der Waals surface area contributed by atoms with Crippen LogP contribution in [0.3, 0.4) is 0 Å². The van der Waals surface area contributed by atoms with E-state index < -0.39 is 15.8 Å². The van der Waals surface area contributed by atoms with Crippen molar-refractivity contribution < 1.29 is 23.1 Å². The van der Waals surface area contributed by atoms with Gasteiger partial charge in [-0.1, -0.05) is 12.1 Å². The van der Waals surface area contributed by atoms with Gasteiger partial charge in [-0.3, -0.25) is 4.79 Å². The third-order valence-corrected chi connectivity index (χ3v) is 7.02. The van der Waals surface area contributed by atoms with Gasteiger partial charge in [-0.15, -0.1) is 0 Å². The molecule has 0 saturated carbocycles. The van der Waals surface area contributed by atoms with Gasteiger partial charge < -0.3 is 10.0 Å². The summed E-state index contributed by atoms with van der Waals surface area (Å²) in [4.78, 5) is 25.3. The smallest absolute Gasteiger partial charge is 0.335 e. The number of amides is 1. The van der Waals surface area contributed by atoms with Crippen LogP contribution < -0.4 is 0 Å². The maximum Gasteiger partial charge on any atom is 0.335 e. The van der Waals surface area contributed by atoms with E-state index >= 15 is 0 Å². The number of benzene rings is 1. The first-order valence-corrected chi connectivity index (χ1v) is 10.5. The van der Waals surface area contributed by atoms with Crippen molar-refractivity contribution in [1.29, 1.82) is 0 Å². The van der Waals surface area contributed by atoms with E-state index in [9.17, 15) is 18.0 Å². The third-order valence-electron chi connectivity index (χ3n) is 5.31. The number of hydrogen-bond acceptors (Lipinski definition) is 4. The number of aromatic carboxylic acids is 1. The van der Waals surface area contributed by atoms with Gasteiger partial charge in [0.15, 0.2) is 0 Å². The number of hydrogen-bond donors (Lipinski definition) is 1. The molecule has 1 N–H and O–H groups in total. The molecule has 2 heterocycles. The van der Waals surface area contributed by atoms with Gasteiger partial charge in [-0.25, -0.2) is 13.2 Å². The molecule has 2 aliphatic rings. The van der Waals surface area contributed by atoms with Gasteiger partial charge in [0.2, 0.25) is 5.91 Å². The second-order valence-electron chi connectivity index (χ2n) is 7.05. The van der Waals surface area contributed by atoms with E-state index in [1.165, 1.54) is 0 Å². The Kier molecular flexibility index (Phi) is 5.13. The van der Waals surface area contributed by atoms with Crippen LogP contribution in [0.15, 0.2) is 24.3 Å². The van der Waals surface area contributed by atoms with Crippen molar-refractivity contribution in [3.8, 4) is 0 Å². The van der Waals surface area contributed by atoms with E-state index in [0.29, 0.717) is 32.4 Å². The van der Waals surface area contributed by atoms with Crippen LogP contribution in [0.4, 0.5) is 0 Å². The Morgan fingerprint density at radius 3 is 2.32 bits per heavy atom. The Balaban J connectivity index is 1.53. The molecule has 0 bridgehead atoms. The van der Waals surface area contributed by atoms with E-state index in [-0.39, 0.29) is 34.8 Å². The molecule has 7 heteroatoms. The molecule has 25 heavy (non-hydrogen) atoms. The molecule has 1 atom stereocenters. The second kappa shape index (κ2) is 7.15. The zero-order chi connectivity index (χ0) is 18.0. The lowest BCUT2D eigenvalue weighted by Gasteiger charge is -2.24. The molecule has 2 aliphatic heterocycles. The summed E-state index contributed by atoms with van der Waals surface area (Å²) in [6.45, 7) is 1.35. The highest BCUT2D eigenvalue weighted by atomic mass is 32.2. The van der Waals surface area contributed by atoms with E-state index in [1.54, 1.807) is 12.1 Å². The van der Waals surface area contributed by atoms with Gasteiger partial charge in [-0.2, -0.15) is 0 Å². The average molecular weight is 365 g/mol. The minimum atomic E-state index is -2.89. The van der Waals surface area contributed by atoms with Crippen molar-refractivity contribution in [2.45, 2.75) is 31.6 Å². The highest BCUT2D eigenvalue weighted by Gasteiger charge is 2.31. The topological polar surface area (TPSA) is 91.8 Å². The Morgan fingerprint density at radius 1 is 1.08 bits per heavy atom. The summed E-state index contributed by atoms with van der Waals surface area (Å²) in [6.07, 6.45) is 2.47. The molecule has 1 aromatic rings. The first kappa shape index (κ1) is 17.9. The van der Waals surface area contributed by atoms with Gasteiger partial charge in [0.05, 0.1) is 17.1 Å². The van der Waals surface area contributed by atoms with E-state index in [1.807, 2.05) is 17.0 Å². The van der Waals surface area contributed by atoms with Crippen molar-refractivity contribution >= 4 is 21.7 Å². The van der Waals surface area contributed by atoms with Crippen LogP contribution in [0.5, 0.6) is 0 Å². The summed E-state index contributed by atoms with van der Waals surface area (Å²) < 4.78 is 22.9. The number of rotatable bonds is 4. The molecule has 6 nitrogen and oxygen atoms in total. The van der Waals surface area contributed by atoms with Gasteiger partial charge >= 0.3 is 5.97 Å². The molecule has 3 rings (SSSR count).